The van der Waals surface area contributed by atoms with Crippen molar-refractivity contribution in [2.24, 2.45) is 5.92 Å². The summed E-state index contributed by atoms with van der Waals surface area (Å²) in [6.07, 6.45) is 3.67. The van der Waals surface area contributed by atoms with Crippen LogP contribution in [-0.2, 0) is 0 Å². The van der Waals surface area contributed by atoms with Gasteiger partial charge in [-0.15, -0.1) is 11.3 Å². The van der Waals surface area contributed by atoms with Crippen LogP contribution in [0.25, 0.3) is 0 Å². The predicted molar refractivity (Wildman–Crippen MR) is 85.2 cm³/mol. The number of amides is 1. The highest BCUT2D eigenvalue weighted by Gasteiger charge is 2.25. The summed E-state index contributed by atoms with van der Waals surface area (Å²) in [5.74, 6) is 1.23. The van der Waals surface area contributed by atoms with Crippen molar-refractivity contribution < 1.29 is 9.53 Å². The zero-order chi connectivity index (χ0) is 15.4. The highest BCUT2D eigenvalue weighted by Crippen LogP contribution is 2.21. The first-order valence-corrected chi connectivity index (χ1v) is 8.40. The summed E-state index contributed by atoms with van der Waals surface area (Å²) in [5.41, 5.74) is 3.31. The van der Waals surface area contributed by atoms with Gasteiger partial charge in [-0.2, -0.15) is 0 Å². The number of nitrogens with zero attached hydrogens (tertiary/aromatic N) is 3. The Morgan fingerprint density at radius 1 is 1.41 bits per heavy atom. The summed E-state index contributed by atoms with van der Waals surface area (Å²) in [7, 11) is 0. The Balaban J connectivity index is 1.48. The molecule has 3 rings (SSSR count). The first-order chi connectivity index (χ1) is 10.7. The molecule has 2 aromatic rings. The number of thiazole rings is 1. The van der Waals surface area contributed by atoms with E-state index in [0.29, 0.717) is 24.1 Å². The Morgan fingerprint density at radius 2 is 2.23 bits per heavy atom. The smallest absolute Gasteiger partial charge is 0.273 e. The van der Waals surface area contributed by atoms with E-state index in [1.807, 2.05) is 24.0 Å². The zero-order valence-corrected chi connectivity index (χ0v) is 13.4. The van der Waals surface area contributed by atoms with E-state index in [1.165, 1.54) is 11.3 Å². The summed E-state index contributed by atoms with van der Waals surface area (Å²) in [6.45, 7) is 4.20. The monoisotopic (exact) mass is 317 g/mol. The first-order valence-electron chi connectivity index (χ1n) is 7.46. The summed E-state index contributed by atoms with van der Waals surface area (Å²) >= 11 is 1.45. The minimum absolute atomic E-state index is 0.0428. The van der Waals surface area contributed by atoms with Gasteiger partial charge in [0.2, 0.25) is 5.88 Å². The van der Waals surface area contributed by atoms with Crippen molar-refractivity contribution in [1.82, 2.24) is 14.9 Å². The molecule has 0 bridgehead atoms. The second kappa shape index (κ2) is 6.87. The van der Waals surface area contributed by atoms with Crippen LogP contribution in [0.4, 0.5) is 0 Å². The topological polar surface area (TPSA) is 55.3 Å². The van der Waals surface area contributed by atoms with Gasteiger partial charge in [0.1, 0.15) is 5.69 Å². The Hall–Kier alpha value is -1.95. The van der Waals surface area contributed by atoms with Gasteiger partial charge in [0.15, 0.2) is 0 Å². The largest absolute Gasteiger partial charge is 0.477 e. The van der Waals surface area contributed by atoms with E-state index in [0.717, 1.165) is 31.5 Å². The van der Waals surface area contributed by atoms with Crippen molar-refractivity contribution in [3.8, 4) is 5.88 Å². The highest BCUT2D eigenvalue weighted by atomic mass is 32.1. The molecule has 2 aromatic heterocycles. The summed E-state index contributed by atoms with van der Waals surface area (Å²) < 4.78 is 5.82. The third-order valence-electron chi connectivity index (χ3n) is 3.97. The van der Waals surface area contributed by atoms with Crippen LogP contribution in [0.2, 0.25) is 0 Å². The quantitative estimate of drug-likeness (QED) is 0.870. The lowest BCUT2D eigenvalue weighted by atomic mass is 9.97. The van der Waals surface area contributed by atoms with E-state index in [2.05, 4.69) is 9.97 Å². The van der Waals surface area contributed by atoms with Gasteiger partial charge in [-0.25, -0.2) is 9.97 Å². The number of aromatic nitrogens is 2. The molecule has 0 N–H and O–H groups in total. The number of pyridine rings is 1. The standard InChI is InChI=1S/C16H19N3O2S/c1-12-3-2-6-17-15(12)21-9-13-4-7-19(8-5-13)16(20)14-10-22-11-18-14/h2-3,6,10-11,13H,4-5,7-9H2,1H3. The number of aryl methyl sites for hydroxylation is 1. The van der Waals surface area contributed by atoms with Gasteiger partial charge in [-0.05, 0) is 31.7 Å². The maximum absolute atomic E-state index is 12.2. The Labute approximate surface area is 134 Å². The van der Waals surface area contributed by atoms with Crippen LogP contribution in [-0.4, -0.2) is 40.5 Å². The van der Waals surface area contributed by atoms with E-state index >= 15 is 0 Å². The van der Waals surface area contributed by atoms with Crippen molar-refractivity contribution in [1.29, 1.82) is 0 Å². The molecule has 5 nitrogen and oxygen atoms in total. The molecule has 3 heterocycles. The number of ether oxygens (including phenoxy) is 1. The van der Waals surface area contributed by atoms with Crippen molar-refractivity contribution in [3.63, 3.8) is 0 Å². The molecule has 22 heavy (non-hydrogen) atoms. The highest BCUT2D eigenvalue weighted by molar-refractivity contribution is 7.07. The van der Waals surface area contributed by atoms with E-state index in [1.54, 1.807) is 17.1 Å². The number of piperidine rings is 1. The fourth-order valence-electron chi connectivity index (χ4n) is 2.60. The average Bonchev–Trinajstić information content (AvgIpc) is 3.08. The third kappa shape index (κ3) is 3.44. The second-order valence-electron chi connectivity index (χ2n) is 5.55. The van der Waals surface area contributed by atoms with E-state index in [-0.39, 0.29) is 5.91 Å². The van der Waals surface area contributed by atoms with E-state index in [4.69, 9.17) is 4.74 Å². The Morgan fingerprint density at radius 3 is 2.91 bits per heavy atom. The predicted octanol–water partition coefficient (Wildman–Crippen LogP) is 2.78. The molecule has 6 heteroatoms. The molecular weight excluding hydrogens is 298 g/mol. The lowest BCUT2D eigenvalue weighted by Crippen LogP contribution is -2.39. The van der Waals surface area contributed by atoms with Gasteiger partial charge in [-0.3, -0.25) is 4.79 Å². The molecule has 1 fully saturated rings. The molecule has 0 aromatic carbocycles. The van der Waals surface area contributed by atoms with E-state index < -0.39 is 0 Å². The van der Waals surface area contributed by atoms with Crippen LogP contribution < -0.4 is 4.74 Å². The summed E-state index contributed by atoms with van der Waals surface area (Å²) in [6, 6.07) is 3.90. The van der Waals surface area contributed by atoms with Crippen LogP contribution >= 0.6 is 11.3 Å². The van der Waals surface area contributed by atoms with Crippen LogP contribution in [0, 0.1) is 12.8 Å². The summed E-state index contributed by atoms with van der Waals surface area (Å²) in [5, 5.41) is 1.81. The fraction of sp³-hybridized carbons (Fsp3) is 0.438. The van der Waals surface area contributed by atoms with Crippen LogP contribution in [0.1, 0.15) is 28.9 Å². The third-order valence-corrected chi connectivity index (χ3v) is 4.56. The molecule has 0 radical (unpaired) electrons. The molecule has 1 aliphatic rings. The second-order valence-corrected chi connectivity index (χ2v) is 6.26. The Bertz CT molecular complexity index is 622. The lowest BCUT2D eigenvalue weighted by Gasteiger charge is -2.31. The van der Waals surface area contributed by atoms with Gasteiger partial charge >= 0.3 is 0 Å². The van der Waals surface area contributed by atoms with Gasteiger partial charge in [0.05, 0.1) is 12.1 Å². The van der Waals surface area contributed by atoms with Gasteiger partial charge in [-0.1, -0.05) is 6.07 Å². The normalized spacial score (nSPS) is 15.8. The minimum Gasteiger partial charge on any atom is -0.477 e. The number of rotatable bonds is 4. The lowest BCUT2D eigenvalue weighted by molar-refractivity contribution is 0.0654. The van der Waals surface area contributed by atoms with Crippen LogP contribution in [0.5, 0.6) is 5.88 Å². The van der Waals surface area contributed by atoms with Gasteiger partial charge < -0.3 is 9.64 Å². The molecule has 1 saturated heterocycles. The number of carbonyl (C=O) groups excluding carboxylic acids is 1. The molecule has 1 amide bonds. The van der Waals surface area contributed by atoms with Gasteiger partial charge in [0.25, 0.3) is 5.91 Å². The van der Waals surface area contributed by atoms with Crippen molar-refractivity contribution in [2.75, 3.05) is 19.7 Å². The fourth-order valence-corrected chi connectivity index (χ4v) is 3.13. The molecular formula is C16H19N3O2S. The first kappa shape index (κ1) is 15.0. The number of hydrogen-bond acceptors (Lipinski definition) is 5. The molecule has 0 spiro atoms. The molecule has 116 valence electrons. The molecule has 0 unspecified atom stereocenters. The van der Waals surface area contributed by atoms with Crippen molar-refractivity contribution in [2.45, 2.75) is 19.8 Å². The minimum atomic E-state index is 0.0428. The Kier molecular flexibility index (Phi) is 4.68. The maximum Gasteiger partial charge on any atom is 0.273 e. The number of hydrogen-bond donors (Lipinski definition) is 0. The molecule has 1 aliphatic heterocycles. The number of carbonyl (C=O) groups is 1. The van der Waals surface area contributed by atoms with Crippen molar-refractivity contribution in [3.05, 3.63) is 40.5 Å². The SMILES string of the molecule is Cc1cccnc1OCC1CCN(C(=O)c2cscn2)CC1. The molecule has 0 aliphatic carbocycles. The van der Waals surface area contributed by atoms with Crippen LogP contribution in [0.15, 0.2) is 29.2 Å². The zero-order valence-electron chi connectivity index (χ0n) is 12.6. The maximum atomic E-state index is 12.2. The molecule has 0 saturated carbocycles. The van der Waals surface area contributed by atoms with E-state index in [9.17, 15) is 4.79 Å². The molecule has 0 atom stereocenters. The average molecular weight is 317 g/mol. The van der Waals surface area contributed by atoms with Gasteiger partial charge in [0, 0.05) is 30.2 Å². The van der Waals surface area contributed by atoms with Crippen molar-refractivity contribution >= 4 is 17.2 Å². The van der Waals surface area contributed by atoms with Crippen LogP contribution in [0.3, 0.4) is 0 Å². The summed E-state index contributed by atoms with van der Waals surface area (Å²) in [4.78, 5) is 22.4. The number of likely N-dealkylation sites (tertiary alicyclic amines) is 1.